The molecule has 4 heterocycles. The number of rotatable bonds is 6. The average Bonchev–Trinajstić information content (AvgIpc) is 3.14. The van der Waals surface area contributed by atoms with E-state index in [2.05, 4.69) is 33.4 Å². The zero-order chi connectivity index (χ0) is 34.7. The fraction of sp³-hybridized carbons (Fsp3) is 0.889. The summed E-state index contributed by atoms with van der Waals surface area (Å²) < 4.78 is 0. The molecule has 2 saturated carbocycles. The van der Waals surface area contributed by atoms with Gasteiger partial charge in [-0.05, 0) is 69.1 Å². The van der Waals surface area contributed by atoms with E-state index in [1.54, 1.807) is 0 Å². The first-order chi connectivity index (χ1) is 23.2. The Morgan fingerprint density at radius 1 is 0.410 bits per heavy atom. The van der Waals surface area contributed by atoms with E-state index in [9.17, 15) is 0 Å². The predicted octanol–water partition coefficient (Wildman–Crippen LogP) is 0.556. The summed E-state index contributed by atoms with van der Waals surface area (Å²) in [5.74, 6) is 2.39. The van der Waals surface area contributed by atoms with E-state index < -0.39 is 25.2 Å². The van der Waals surface area contributed by atoms with Crippen molar-refractivity contribution < 1.29 is 188 Å². The molecule has 7 radical (unpaired) electrons. The van der Waals surface area contributed by atoms with Crippen LogP contribution in [0, 0.1) is 41.4 Å². The second-order valence-electron chi connectivity index (χ2n) is 14.4. The SMILES string of the molecule is C1=CC(C2CC[N-]CC2)=CC[N-]1.C1CC(C2CC[N-]CC2)CC[N-]1.O.O.O.O.O.OC(O)C1CCC(C(O)O)CC1.OC(O)C1CCC(C(O)O)CC1.[Mn+2].[Mn+2].[Mn].[Mn].[Mn].[Mn].[Mn].[NH2-]. The zero-order valence-corrected chi connectivity index (χ0v) is 42.8. The molecule has 5 fully saturated rings. The summed E-state index contributed by atoms with van der Waals surface area (Å²) in [6.45, 7) is 7.46. The number of aliphatic hydroxyl groups is 8. The van der Waals surface area contributed by atoms with Gasteiger partial charge in [-0.3, -0.25) is 0 Å². The smallest absolute Gasteiger partial charge is 0.693 e. The van der Waals surface area contributed by atoms with Gasteiger partial charge < -0.3 is 95.7 Å². The topological polar surface area (TPSA) is 409 Å². The van der Waals surface area contributed by atoms with E-state index in [1.807, 2.05) is 6.20 Å². The van der Waals surface area contributed by atoms with Gasteiger partial charge in [0.1, 0.15) is 0 Å². The maximum Gasteiger partial charge on any atom is 2.00 e. The second-order valence-corrected chi connectivity index (χ2v) is 14.4. The van der Waals surface area contributed by atoms with Crippen LogP contribution in [-0.2, 0) is 119 Å². The molecule has 0 unspecified atom stereocenters. The van der Waals surface area contributed by atoms with Crippen LogP contribution in [0.25, 0.3) is 27.4 Å². The molecular formula is C36H76Mn7N5O13-. The maximum absolute atomic E-state index is 8.83. The molecule has 61 heavy (non-hydrogen) atoms. The first-order valence-electron chi connectivity index (χ1n) is 18.5. The van der Waals surface area contributed by atoms with Crippen molar-refractivity contribution in [2.75, 3.05) is 45.8 Å². The molecule has 0 bridgehead atoms. The van der Waals surface area contributed by atoms with Crippen LogP contribution in [0.3, 0.4) is 0 Å². The predicted molar refractivity (Wildman–Crippen MR) is 210 cm³/mol. The third kappa shape index (κ3) is 36.9. The number of nitrogens with two attached hydrogens (primary N) is 1. The van der Waals surface area contributed by atoms with Gasteiger partial charge in [0.2, 0.25) is 0 Å². The summed E-state index contributed by atoms with van der Waals surface area (Å²) >= 11 is 0. The fourth-order valence-corrected chi connectivity index (χ4v) is 7.78. The van der Waals surface area contributed by atoms with Crippen LogP contribution in [0.5, 0.6) is 0 Å². The summed E-state index contributed by atoms with van der Waals surface area (Å²) in [4.78, 5) is 0. The van der Waals surface area contributed by atoms with Crippen LogP contribution in [0.4, 0.5) is 0 Å². The Bertz CT molecular complexity index is 838. The Labute approximate surface area is 437 Å². The van der Waals surface area contributed by atoms with Crippen molar-refractivity contribution in [1.29, 1.82) is 0 Å². The maximum atomic E-state index is 8.83. The van der Waals surface area contributed by atoms with Crippen LogP contribution in [-0.4, -0.2) is 139 Å². The Balaban J connectivity index is -0.0000000567. The molecule has 0 atom stereocenters. The molecule has 3 saturated heterocycles. The summed E-state index contributed by atoms with van der Waals surface area (Å²) in [7, 11) is 0. The van der Waals surface area contributed by atoms with E-state index in [-0.39, 0.29) is 177 Å². The minimum Gasteiger partial charge on any atom is -0.693 e. The van der Waals surface area contributed by atoms with Gasteiger partial charge in [0.25, 0.3) is 0 Å². The minimum absolute atomic E-state index is 0. The molecular weight excluding hydrogens is 1090 g/mol. The molecule has 25 heteroatoms. The van der Waals surface area contributed by atoms with Gasteiger partial charge in [-0.15, -0.1) is 45.8 Å². The third-order valence-electron chi connectivity index (χ3n) is 11.2. The molecule has 6 aliphatic rings. The van der Waals surface area contributed by atoms with Crippen LogP contribution in [0.2, 0.25) is 0 Å². The second kappa shape index (κ2) is 53.2. The van der Waals surface area contributed by atoms with E-state index in [0.717, 1.165) is 63.6 Å². The normalized spacial score (nSPS) is 23.0. The van der Waals surface area contributed by atoms with Crippen LogP contribution >= 0.6 is 0 Å². The Hall–Kier alpha value is 2.24. The molecule has 373 valence electrons. The Morgan fingerprint density at radius 2 is 0.656 bits per heavy atom. The molecule has 18 nitrogen and oxygen atoms in total. The van der Waals surface area contributed by atoms with Crippen LogP contribution in [0.15, 0.2) is 23.9 Å². The summed E-state index contributed by atoms with van der Waals surface area (Å²) in [5, 5.41) is 87.9. The number of aliphatic hydroxyl groups excluding tert-OH is 4. The molecule has 0 amide bonds. The molecule has 20 N–H and O–H groups in total. The Kier molecular flexibility index (Phi) is 78.3. The number of nitrogens with zero attached hydrogens (tertiary/aromatic N) is 4. The first kappa shape index (κ1) is 89.8. The summed E-state index contributed by atoms with van der Waals surface area (Å²) in [6.07, 6.45) is 14.5. The average molecular weight is 1170 g/mol. The van der Waals surface area contributed by atoms with Gasteiger partial charge in [0.05, 0.1) is 0 Å². The van der Waals surface area contributed by atoms with Crippen molar-refractivity contribution in [3.8, 4) is 0 Å². The van der Waals surface area contributed by atoms with Crippen molar-refractivity contribution in [3.05, 3.63) is 51.3 Å². The molecule has 0 aromatic heterocycles. The van der Waals surface area contributed by atoms with Crippen molar-refractivity contribution in [2.45, 2.75) is 115 Å². The summed E-state index contributed by atoms with van der Waals surface area (Å²) in [5.41, 5.74) is 1.49. The van der Waals surface area contributed by atoms with Crippen molar-refractivity contribution in [3.63, 3.8) is 0 Å². The van der Waals surface area contributed by atoms with E-state index in [1.165, 1.54) is 44.1 Å². The van der Waals surface area contributed by atoms with Crippen molar-refractivity contribution in [1.82, 2.24) is 0 Å². The molecule has 4 aliphatic heterocycles. The van der Waals surface area contributed by atoms with Crippen molar-refractivity contribution in [2.24, 2.45) is 41.4 Å². The molecule has 6 rings (SSSR count). The first-order valence-corrected chi connectivity index (χ1v) is 18.5. The van der Waals surface area contributed by atoms with E-state index in [0.29, 0.717) is 51.4 Å². The quantitative estimate of drug-likeness (QED) is 0.137. The molecule has 2 aliphatic carbocycles. The largest absolute Gasteiger partial charge is 2.00 e. The van der Waals surface area contributed by atoms with Crippen LogP contribution in [0.1, 0.15) is 89.9 Å². The number of piperidine rings is 3. The van der Waals surface area contributed by atoms with E-state index in [4.69, 9.17) is 40.9 Å². The number of allylic oxidation sites excluding steroid dienone is 2. The van der Waals surface area contributed by atoms with Gasteiger partial charge in [0.15, 0.2) is 25.2 Å². The fourth-order valence-electron chi connectivity index (χ4n) is 7.78. The van der Waals surface area contributed by atoms with Gasteiger partial charge in [-0.2, -0.15) is 6.20 Å². The molecule has 0 aromatic carbocycles. The van der Waals surface area contributed by atoms with Gasteiger partial charge >= 0.3 is 34.1 Å². The zero-order valence-electron chi connectivity index (χ0n) is 34.5. The third-order valence-corrected chi connectivity index (χ3v) is 11.2. The standard InChI is InChI=1S/C10H18N2.C10H14N2.2C8H16O4.7Mn.H2N.5H2O/c2*1-5-11-6-2-9(1)10-3-7-12-8-4-10;2*9-7(10)5-1-2-6(4-3-5)8(11)12;;;;;;;;;;;;;/h9-10H,1-8H2;1-2,5,10H,3-4,6-8H2;2*5-12H,1-4H2;;;;;;;;6*1H2/q2*-2;;;;;;;;2*+2;-1;;;;;. The monoisotopic (exact) mass is 1170 g/mol. The van der Waals surface area contributed by atoms with Gasteiger partial charge in [-0.25, -0.2) is 0 Å². The van der Waals surface area contributed by atoms with Crippen molar-refractivity contribution >= 4 is 0 Å². The van der Waals surface area contributed by atoms with Gasteiger partial charge in [0, 0.05) is 109 Å². The summed E-state index contributed by atoms with van der Waals surface area (Å²) in [6, 6.07) is 0. The minimum atomic E-state index is -1.25. The number of hydrogen-bond donors (Lipinski definition) is 8. The number of hydrogen-bond acceptors (Lipinski definition) is 8. The van der Waals surface area contributed by atoms with Crippen LogP contribution < -0.4 is 0 Å². The van der Waals surface area contributed by atoms with Gasteiger partial charge in [-0.1, -0.05) is 56.3 Å². The van der Waals surface area contributed by atoms with E-state index >= 15 is 0 Å². The molecule has 0 aromatic rings. The Morgan fingerprint density at radius 3 is 0.869 bits per heavy atom. The molecule has 0 spiro atoms.